The second-order valence-corrected chi connectivity index (χ2v) is 18.4. The molecule has 0 aliphatic rings. The van der Waals surface area contributed by atoms with Crippen molar-refractivity contribution in [3.63, 3.8) is 0 Å². The van der Waals surface area contributed by atoms with Crippen LogP contribution in [0.3, 0.4) is 0 Å². The zero-order valence-electron chi connectivity index (χ0n) is 39.0. The Balaban J connectivity index is 4.21. The van der Waals surface area contributed by atoms with Crippen LogP contribution in [0, 0.1) is 11.8 Å². The Morgan fingerprint density at radius 1 is 0.333 bits per heavy atom. The maximum Gasteiger partial charge on any atom is 0.306 e. The molecule has 0 aliphatic heterocycles. The number of hydrogen-bond acceptors (Lipinski definition) is 6. The van der Waals surface area contributed by atoms with Gasteiger partial charge >= 0.3 is 17.9 Å². The molecule has 0 fully saturated rings. The number of esters is 3. The summed E-state index contributed by atoms with van der Waals surface area (Å²) in [6.45, 7) is 11.3. The minimum atomic E-state index is -0.761. The number of carbonyl (C=O) groups excluding carboxylic acids is 3. The molecule has 6 heteroatoms. The van der Waals surface area contributed by atoms with E-state index in [0.29, 0.717) is 19.3 Å². The fraction of sp³-hybridized carbons (Fsp3) is 0.941. The molecule has 0 N–H and O–H groups in total. The maximum atomic E-state index is 12.7. The van der Waals surface area contributed by atoms with Crippen molar-refractivity contribution in [3.8, 4) is 0 Å². The van der Waals surface area contributed by atoms with Gasteiger partial charge in [0, 0.05) is 19.3 Å². The highest BCUT2D eigenvalue weighted by Crippen LogP contribution is 2.17. The first-order valence-corrected chi connectivity index (χ1v) is 25.2. The van der Waals surface area contributed by atoms with Gasteiger partial charge in [0.05, 0.1) is 0 Å². The highest BCUT2D eigenvalue weighted by Gasteiger charge is 2.19. The molecule has 0 radical (unpaired) electrons. The quantitative estimate of drug-likeness (QED) is 0.0346. The van der Waals surface area contributed by atoms with Gasteiger partial charge in [0.25, 0.3) is 0 Å². The van der Waals surface area contributed by atoms with Crippen molar-refractivity contribution in [3.05, 3.63) is 0 Å². The Kier molecular flexibility index (Phi) is 42.7. The van der Waals surface area contributed by atoms with Crippen LogP contribution in [0.2, 0.25) is 0 Å². The summed E-state index contributed by atoms with van der Waals surface area (Å²) in [4.78, 5) is 37.8. The van der Waals surface area contributed by atoms with Crippen LogP contribution < -0.4 is 0 Å². The van der Waals surface area contributed by atoms with Crippen molar-refractivity contribution >= 4 is 17.9 Å². The average molecular weight is 807 g/mol. The molecule has 0 spiro atoms. The van der Waals surface area contributed by atoms with Crippen LogP contribution >= 0.6 is 0 Å². The standard InChI is InChI=1S/C51H98O6/c1-6-7-8-9-10-11-21-26-31-36-41-49(52)55-44-48(57-51(54)43-38-33-28-23-25-30-35-40-47(4)5)45-56-50(53)42-37-32-27-22-19-17-15-13-12-14-16-18-20-24-29-34-39-46(2)3/h46-48H,6-45H2,1-5H3/t48-/m0/s1. The van der Waals surface area contributed by atoms with Gasteiger partial charge in [0.2, 0.25) is 0 Å². The van der Waals surface area contributed by atoms with Gasteiger partial charge in [-0.2, -0.15) is 0 Å². The van der Waals surface area contributed by atoms with Crippen molar-refractivity contribution in [2.75, 3.05) is 13.2 Å². The van der Waals surface area contributed by atoms with Crippen molar-refractivity contribution in [2.24, 2.45) is 11.8 Å². The van der Waals surface area contributed by atoms with Crippen LogP contribution in [0.15, 0.2) is 0 Å². The summed E-state index contributed by atoms with van der Waals surface area (Å²) in [5.74, 6) is 0.776. The minimum absolute atomic E-state index is 0.0646. The second kappa shape index (κ2) is 44.0. The highest BCUT2D eigenvalue weighted by atomic mass is 16.6. The lowest BCUT2D eigenvalue weighted by molar-refractivity contribution is -0.167. The summed E-state index contributed by atoms with van der Waals surface area (Å²) in [5, 5.41) is 0. The SMILES string of the molecule is CCCCCCCCCCCCC(=O)OC[C@@H](COC(=O)CCCCCCCCCCCCCCCCCCC(C)C)OC(=O)CCCCCCCCCC(C)C. The third kappa shape index (κ3) is 45.3. The van der Waals surface area contributed by atoms with E-state index in [0.717, 1.165) is 69.6 Å². The molecular weight excluding hydrogens is 709 g/mol. The van der Waals surface area contributed by atoms with Crippen LogP contribution in [-0.4, -0.2) is 37.2 Å². The summed E-state index contributed by atoms with van der Waals surface area (Å²) < 4.78 is 16.7. The molecule has 0 unspecified atom stereocenters. The van der Waals surface area contributed by atoms with Crippen molar-refractivity contribution in [1.82, 2.24) is 0 Å². The number of unbranched alkanes of at least 4 members (excludes halogenated alkanes) is 30. The molecule has 0 aliphatic carbocycles. The molecule has 0 rings (SSSR count). The van der Waals surface area contributed by atoms with E-state index < -0.39 is 6.10 Å². The van der Waals surface area contributed by atoms with Crippen LogP contribution in [-0.2, 0) is 28.6 Å². The van der Waals surface area contributed by atoms with Gasteiger partial charge in [0.15, 0.2) is 6.10 Å². The van der Waals surface area contributed by atoms with Gasteiger partial charge in [-0.25, -0.2) is 0 Å². The van der Waals surface area contributed by atoms with E-state index in [2.05, 4.69) is 34.6 Å². The predicted octanol–water partition coefficient (Wildman–Crippen LogP) is 16.1. The molecule has 0 saturated carbocycles. The van der Waals surface area contributed by atoms with Crippen molar-refractivity contribution in [1.29, 1.82) is 0 Å². The summed E-state index contributed by atoms with van der Waals surface area (Å²) in [7, 11) is 0. The normalized spacial score (nSPS) is 12.1. The van der Waals surface area contributed by atoms with Crippen molar-refractivity contribution in [2.45, 2.75) is 285 Å². The van der Waals surface area contributed by atoms with Crippen LogP contribution in [0.25, 0.3) is 0 Å². The van der Waals surface area contributed by atoms with Gasteiger partial charge < -0.3 is 14.2 Å². The first-order valence-electron chi connectivity index (χ1n) is 25.2. The zero-order valence-corrected chi connectivity index (χ0v) is 39.0. The van der Waals surface area contributed by atoms with Gasteiger partial charge in [-0.05, 0) is 31.1 Å². The molecule has 1 atom stereocenters. The molecule has 0 heterocycles. The van der Waals surface area contributed by atoms with Gasteiger partial charge in [-0.1, -0.05) is 240 Å². The number of hydrogen-bond donors (Lipinski definition) is 0. The van der Waals surface area contributed by atoms with E-state index in [1.165, 1.54) is 167 Å². The number of ether oxygens (including phenoxy) is 3. The molecule has 338 valence electrons. The van der Waals surface area contributed by atoms with E-state index in [-0.39, 0.29) is 31.1 Å². The smallest absolute Gasteiger partial charge is 0.306 e. The second-order valence-electron chi connectivity index (χ2n) is 18.4. The van der Waals surface area contributed by atoms with E-state index in [9.17, 15) is 14.4 Å². The van der Waals surface area contributed by atoms with Gasteiger partial charge in [-0.3, -0.25) is 14.4 Å². The first kappa shape index (κ1) is 55.4. The Morgan fingerprint density at radius 2 is 0.579 bits per heavy atom. The topological polar surface area (TPSA) is 78.9 Å². The van der Waals surface area contributed by atoms with Crippen LogP contribution in [0.5, 0.6) is 0 Å². The predicted molar refractivity (Wildman–Crippen MR) is 243 cm³/mol. The van der Waals surface area contributed by atoms with Gasteiger partial charge in [0.1, 0.15) is 13.2 Å². The Morgan fingerprint density at radius 3 is 0.860 bits per heavy atom. The molecule has 0 saturated heterocycles. The monoisotopic (exact) mass is 807 g/mol. The summed E-state index contributed by atoms with van der Waals surface area (Å²) >= 11 is 0. The average Bonchev–Trinajstić information content (AvgIpc) is 3.18. The molecule has 0 aromatic rings. The Hall–Kier alpha value is -1.59. The first-order chi connectivity index (χ1) is 27.7. The molecule has 57 heavy (non-hydrogen) atoms. The largest absolute Gasteiger partial charge is 0.462 e. The maximum absolute atomic E-state index is 12.7. The molecule has 0 aromatic carbocycles. The third-order valence-electron chi connectivity index (χ3n) is 11.5. The number of carbonyl (C=O) groups is 3. The molecule has 6 nitrogen and oxygen atoms in total. The summed E-state index contributed by atoms with van der Waals surface area (Å²) in [6, 6.07) is 0. The lowest BCUT2D eigenvalue weighted by atomic mass is 10.0. The Bertz CT molecular complexity index is 870. The fourth-order valence-electron chi connectivity index (χ4n) is 7.64. The lowest BCUT2D eigenvalue weighted by Crippen LogP contribution is -2.30. The van der Waals surface area contributed by atoms with E-state index >= 15 is 0 Å². The molecule has 0 aromatic heterocycles. The number of rotatable bonds is 45. The van der Waals surface area contributed by atoms with E-state index in [1.54, 1.807) is 0 Å². The van der Waals surface area contributed by atoms with Crippen LogP contribution in [0.4, 0.5) is 0 Å². The zero-order chi connectivity index (χ0) is 41.9. The third-order valence-corrected chi connectivity index (χ3v) is 11.5. The summed E-state index contributed by atoms with van der Waals surface area (Å²) in [6.07, 6.45) is 43.9. The van der Waals surface area contributed by atoms with Gasteiger partial charge in [-0.15, -0.1) is 0 Å². The van der Waals surface area contributed by atoms with E-state index in [4.69, 9.17) is 14.2 Å². The Labute approximate surface area is 355 Å². The molecule has 0 amide bonds. The summed E-state index contributed by atoms with van der Waals surface area (Å²) in [5.41, 5.74) is 0. The lowest BCUT2D eigenvalue weighted by Gasteiger charge is -2.18. The van der Waals surface area contributed by atoms with E-state index in [1.807, 2.05) is 0 Å². The molecule has 0 bridgehead atoms. The minimum Gasteiger partial charge on any atom is -0.462 e. The van der Waals surface area contributed by atoms with Crippen LogP contribution in [0.1, 0.15) is 279 Å². The molecular formula is C51H98O6. The fourth-order valence-corrected chi connectivity index (χ4v) is 7.64. The van der Waals surface area contributed by atoms with Crippen molar-refractivity contribution < 1.29 is 28.6 Å². The highest BCUT2D eigenvalue weighted by molar-refractivity contribution is 5.71.